The molecular formula is C10H7BrF3NO. The molecule has 16 heavy (non-hydrogen) atoms. The van der Waals surface area contributed by atoms with Gasteiger partial charge in [0.1, 0.15) is 4.62 Å². The number of hydrogen-bond donors (Lipinski definition) is 0. The lowest BCUT2D eigenvalue weighted by molar-refractivity contribution is -0.139. The zero-order chi connectivity index (χ0) is 11.8. The van der Waals surface area contributed by atoms with Crippen molar-refractivity contribution in [1.29, 1.82) is 0 Å². The average molecular weight is 294 g/mol. The second-order valence-corrected chi connectivity index (χ2v) is 4.27. The van der Waals surface area contributed by atoms with Crippen LogP contribution >= 0.6 is 15.9 Å². The zero-order valence-corrected chi connectivity index (χ0v) is 9.55. The van der Waals surface area contributed by atoms with Crippen LogP contribution in [0.25, 0.3) is 0 Å². The summed E-state index contributed by atoms with van der Waals surface area (Å²) in [5.74, 6) is 0. The summed E-state index contributed by atoms with van der Waals surface area (Å²) in [5, 5.41) is 3.58. The Morgan fingerprint density at radius 3 is 2.56 bits per heavy atom. The smallest absolute Gasteiger partial charge is 0.386 e. The fourth-order valence-electron chi connectivity index (χ4n) is 1.55. The standard InChI is InChI=1S/C10H7BrF3NO/c11-9-5-8(16-15-9)6-3-1-2-4-7(6)10(12,13)14/h1-4,8H,5H2/t8-/m0/s1. The number of halogens is 4. The van der Waals surface area contributed by atoms with Crippen LogP contribution in [0.1, 0.15) is 23.7 Å². The van der Waals surface area contributed by atoms with Crippen LogP contribution in [0.5, 0.6) is 0 Å². The molecule has 1 aliphatic heterocycles. The minimum atomic E-state index is -4.37. The van der Waals surface area contributed by atoms with E-state index >= 15 is 0 Å². The third kappa shape index (κ3) is 2.21. The molecule has 1 atom stereocenters. The number of rotatable bonds is 1. The van der Waals surface area contributed by atoms with Crippen LogP contribution in [0.15, 0.2) is 29.4 Å². The molecule has 0 radical (unpaired) electrons. The van der Waals surface area contributed by atoms with E-state index in [4.69, 9.17) is 4.84 Å². The summed E-state index contributed by atoms with van der Waals surface area (Å²) < 4.78 is 38.6. The molecular weight excluding hydrogens is 287 g/mol. The summed E-state index contributed by atoms with van der Waals surface area (Å²) in [4.78, 5) is 4.93. The minimum Gasteiger partial charge on any atom is -0.386 e. The second-order valence-electron chi connectivity index (χ2n) is 3.35. The van der Waals surface area contributed by atoms with Crippen LogP contribution < -0.4 is 0 Å². The average Bonchev–Trinajstić information content (AvgIpc) is 2.64. The Balaban J connectivity index is 2.35. The van der Waals surface area contributed by atoms with E-state index < -0.39 is 17.8 Å². The molecule has 0 aliphatic carbocycles. The van der Waals surface area contributed by atoms with Crippen molar-refractivity contribution in [3.05, 3.63) is 35.4 Å². The Morgan fingerprint density at radius 2 is 2.00 bits per heavy atom. The van der Waals surface area contributed by atoms with Gasteiger partial charge in [-0.3, -0.25) is 0 Å². The molecule has 6 heteroatoms. The van der Waals surface area contributed by atoms with Crippen LogP contribution in [0.2, 0.25) is 0 Å². The number of oxime groups is 1. The van der Waals surface area contributed by atoms with Crippen LogP contribution in [-0.2, 0) is 11.0 Å². The number of benzene rings is 1. The van der Waals surface area contributed by atoms with Gasteiger partial charge in [0.15, 0.2) is 6.10 Å². The molecule has 0 saturated carbocycles. The van der Waals surface area contributed by atoms with E-state index in [0.717, 1.165) is 6.07 Å². The molecule has 1 aliphatic rings. The molecule has 0 saturated heterocycles. The summed E-state index contributed by atoms with van der Waals surface area (Å²) in [5.41, 5.74) is -0.550. The van der Waals surface area contributed by atoms with Crippen molar-refractivity contribution >= 4 is 20.6 Å². The molecule has 1 aromatic carbocycles. The van der Waals surface area contributed by atoms with Crippen molar-refractivity contribution in [3.63, 3.8) is 0 Å². The van der Waals surface area contributed by atoms with E-state index in [0.29, 0.717) is 11.0 Å². The van der Waals surface area contributed by atoms with Crippen molar-refractivity contribution in [3.8, 4) is 0 Å². The zero-order valence-electron chi connectivity index (χ0n) is 7.96. The van der Waals surface area contributed by atoms with Gasteiger partial charge in [0, 0.05) is 12.0 Å². The van der Waals surface area contributed by atoms with Crippen molar-refractivity contribution in [2.24, 2.45) is 5.16 Å². The second kappa shape index (κ2) is 4.08. The van der Waals surface area contributed by atoms with Gasteiger partial charge in [0.05, 0.1) is 5.56 Å². The van der Waals surface area contributed by atoms with Gasteiger partial charge in [0.2, 0.25) is 0 Å². The Kier molecular flexibility index (Phi) is 2.92. The molecule has 0 N–H and O–H groups in total. The highest BCUT2D eigenvalue weighted by Gasteiger charge is 2.36. The molecule has 86 valence electrons. The fourth-order valence-corrected chi connectivity index (χ4v) is 1.93. The first-order valence-corrected chi connectivity index (χ1v) is 5.32. The van der Waals surface area contributed by atoms with Gasteiger partial charge in [-0.25, -0.2) is 0 Å². The molecule has 0 spiro atoms. The Morgan fingerprint density at radius 1 is 1.31 bits per heavy atom. The lowest BCUT2D eigenvalue weighted by atomic mass is 10.0. The third-order valence-corrected chi connectivity index (χ3v) is 2.71. The van der Waals surface area contributed by atoms with E-state index in [1.165, 1.54) is 12.1 Å². The van der Waals surface area contributed by atoms with Gasteiger partial charge < -0.3 is 4.84 Å². The lowest BCUT2D eigenvalue weighted by Crippen LogP contribution is -2.11. The van der Waals surface area contributed by atoms with Crippen molar-refractivity contribution in [2.75, 3.05) is 0 Å². The van der Waals surface area contributed by atoms with Gasteiger partial charge in [-0.2, -0.15) is 13.2 Å². The van der Waals surface area contributed by atoms with Gasteiger partial charge in [0.25, 0.3) is 0 Å². The van der Waals surface area contributed by atoms with Gasteiger partial charge in [-0.15, -0.1) is 0 Å². The molecule has 0 aromatic heterocycles. The van der Waals surface area contributed by atoms with E-state index in [-0.39, 0.29) is 5.56 Å². The van der Waals surface area contributed by atoms with E-state index in [9.17, 15) is 13.2 Å². The molecule has 2 rings (SSSR count). The molecule has 2 nitrogen and oxygen atoms in total. The maximum absolute atomic E-state index is 12.7. The van der Waals surface area contributed by atoms with Crippen LogP contribution in [0.4, 0.5) is 13.2 Å². The molecule has 0 unspecified atom stereocenters. The van der Waals surface area contributed by atoms with Crippen molar-refractivity contribution < 1.29 is 18.0 Å². The van der Waals surface area contributed by atoms with Crippen LogP contribution in [0, 0.1) is 0 Å². The fraction of sp³-hybridized carbons (Fsp3) is 0.300. The lowest BCUT2D eigenvalue weighted by Gasteiger charge is -2.15. The summed E-state index contributed by atoms with van der Waals surface area (Å²) in [6, 6.07) is 5.37. The van der Waals surface area contributed by atoms with Crippen molar-refractivity contribution in [1.82, 2.24) is 0 Å². The SMILES string of the molecule is FC(F)(F)c1ccccc1[C@@H]1CC(Br)=NO1. The number of hydrogen-bond acceptors (Lipinski definition) is 2. The summed E-state index contributed by atoms with van der Waals surface area (Å²) in [6.45, 7) is 0. The van der Waals surface area contributed by atoms with Crippen LogP contribution in [-0.4, -0.2) is 4.62 Å². The topological polar surface area (TPSA) is 21.6 Å². The van der Waals surface area contributed by atoms with Gasteiger partial charge in [-0.1, -0.05) is 23.4 Å². The third-order valence-electron chi connectivity index (χ3n) is 2.25. The summed E-state index contributed by atoms with van der Waals surface area (Å²) >= 11 is 3.09. The molecule has 1 heterocycles. The molecule has 0 bridgehead atoms. The number of alkyl halides is 3. The Bertz CT molecular complexity index is 430. The first-order chi connectivity index (χ1) is 7.48. The van der Waals surface area contributed by atoms with Crippen molar-refractivity contribution in [2.45, 2.75) is 18.7 Å². The largest absolute Gasteiger partial charge is 0.416 e. The highest BCUT2D eigenvalue weighted by atomic mass is 79.9. The Labute approximate surface area is 98.2 Å². The van der Waals surface area contributed by atoms with E-state index in [1.807, 2.05) is 0 Å². The molecule has 0 amide bonds. The quantitative estimate of drug-likeness (QED) is 0.770. The maximum Gasteiger partial charge on any atom is 0.416 e. The Hall–Kier alpha value is -1.04. The highest BCUT2D eigenvalue weighted by Crippen LogP contribution is 2.38. The predicted molar refractivity (Wildman–Crippen MR) is 56.2 cm³/mol. The normalized spacial score (nSPS) is 20.5. The summed E-state index contributed by atoms with van der Waals surface area (Å²) in [7, 11) is 0. The van der Waals surface area contributed by atoms with E-state index in [1.54, 1.807) is 6.07 Å². The maximum atomic E-state index is 12.7. The predicted octanol–water partition coefficient (Wildman–Crippen LogP) is 3.88. The summed E-state index contributed by atoms with van der Waals surface area (Å²) in [6.07, 6.45) is -4.70. The first-order valence-electron chi connectivity index (χ1n) is 4.53. The van der Waals surface area contributed by atoms with Gasteiger partial charge in [-0.05, 0) is 22.0 Å². The molecule has 0 fully saturated rings. The van der Waals surface area contributed by atoms with Crippen LogP contribution in [0.3, 0.4) is 0 Å². The first kappa shape index (κ1) is 11.4. The highest BCUT2D eigenvalue weighted by molar-refractivity contribution is 9.18. The minimum absolute atomic E-state index is 0.119. The monoisotopic (exact) mass is 293 g/mol. The number of nitrogens with zero attached hydrogens (tertiary/aromatic N) is 1. The van der Waals surface area contributed by atoms with Gasteiger partial charge >= 0.3 is 6.18 Å². The van der Waals surface area contributed by atoms with E-state index in [2.05, 4.69) is 21.1 Å². The molecule has 1 aromatic rings.